The van der Waals surface area contributed by atoms with Gasteiger partial charge in [0, 0.05) is 26.1 Å². The third-order valence-electron chi connectivity index (χ3n) is 3.60. The van der Waals surface area contributed by atoms with Gasteiger partial charge in [-0.1, -0.05) is 11.6 Å². The van der Waals surface area contributed by atoms with E-state index in [0.717, 1.165) is 12.0 Å². The predicted molar refractivity (Wildman–Crippen MR) is 74.3 cm³/mol. The molecule has 0 bridgehead atoms. The monoisotopic (exact) mass is 299 g/mol. The largest absolute Gasteiger partial charge is 0.489 e. The molecule has 0 spiro atoms. The lowest BCUT2D eigenvalue weighted by molar-refractivity contribution is 0.0572. The van der Waals surface area contributed by atoms with E-state index in [4.69, 9.17) is 21.1 Å². The average Bonchev–Trinajstić information content (AvgIpc) is 2.62. The van der Waals surface area contributed by atoms with Gasteiger partial charge in [-0.25, -0.2) is 0 Å². The summed E-state index contributed by atoms with van der Waals surface area (Å²) in [6.07, 6.45) is -0.512. The Morgan fingerprint density at radius 1 is 1.15 bits per heavy atom. The van der Waals surface area contributed by atoms with Gasteiger partial charge in [-0.05, 0) is 17.7 Å². The maximum atomic E-state index is 9.57. The van der Waals surface area contributed by atoms with E-state index in [0.29, 0.717) is 49.4 Å². The van der Waals surface area contributed by atoms with Gasteiger partial charge in [0.25, 0.3) is 0 Å². The van der Waals surface area contributed by atoms with E-state index in [9.17, 15) is 10.2 Å². The maximum absolute atomic E-state index is 9.57. The second-order valence-electron chi connectivity index (χ2n) is 5.28. The van der Waals surface area contributed by atoms with Crippen LogP contribution in [0.25, 0.3) is 0 Å². The topological polar surface area (TPSA) is 62.2 Å². The zero-order chi connectivity index (χ0) is 14.1. The van der Waals surface area contributed by atoms with Crippen LogP contribution in [0.4, 0.5) is 0 Å². The van der Waals surface area contributed by atoms with Gasteiger partial charge < -0.3 is 19.7 Å². The third kappa shape index (κ3) is 2.86. The van der Waals surface area contributed by atoms with Crippen LogP contribution in [0.5, 0.6) is 11.5 Å². The van der Waals surface area contributed by atoms with Crippen LogP contribution in [0.2, 0.25) is 5.02 Å². The number of aliphatic hydroxyl groups is 2. The Morgan fingerprint density at radius 2 is 1.85 bits per heavy atom. The SMILES string of the molecule is O[C@@H]1CN(Cc2cc(Cl)c3c(c2)OCCCO3)C[C@@H]1O. The Labute approximate surface area is 122 Å². The number of ether oxygens (including phenoxy) is 2. The van der Waals surface area contributed by atoms with Crippen LogP contribution < -0.4 is 9.47 Å². The van der Waals surface area contributed by atoms with Crippen molar-refractivity contribution in [3.05, 3.63) is 22.7 Å². The van der Waals surface area contributed by atoms with Crippen molar-refractivity contribution in [3.8, 4) is 11.5 Å². The summed E-state index contributed by atoms with van der Waals surface area (Å²) < 4.78 is 11.2. The highest BCUT2D eigenvalue weighted by atomic mass is 35.5. The molecule has 2 aliphatic heterocycles. The van der Waals surface area contributed by atoms with E-state index < -0.39 is 12.2 Å². The number of hydrogen-bond donors (Lipinski definition) is 2. The molecule has 3 rings (SSSR count). The molecule has 0 unspecified atom stereocenters. The van der Waals surface area contributed by atoms with Gasteiger partial charge in [0.1, 0.15) is 0 Å². The van der Waals surface area contributed by atoms with Gasteiger partial charge in [-0.15, -0.1) is 0 Å². The molecule has 0 amide bonds. The van der Waals surface area contributed by atoms with E-state index >= 15 is 0 Å². The van der Waals surface area contributed by atoms with Crippen molar-refractivity contribution in [1.29, 1.82) is 0 Å². The minimum atomic E-state index is -0.675. The summed E-state index contributed by atoms with van der Waals surface area (Å²) in [5.41, 5.74) is 0.987. The summed E-state index contributed by atoms with van der Waals surface area (Å²) in [6.45, 7) is 2.77. The Morgan fingerprint density at radius 3 is 2.60 bits per heavy atom. The minimum Gasteiger partial charge on any atom is -0.489 e. The number of rotatable bonds is 2. The van der Waals surface area contributed by atoms with Gasteiger partial charge in [0.2, 0.25) is 0 Å². The second-order valence-corrected chi connectivity index (χ2v) is 5.69. The fourth-order valence-corrected chi connectivity index (χ4v) is 2.90. The molecule has 1 fully saturated rings. The lowest BCUT2D eigenvalue weighted by atomic mass is 10.2. The van der Waals surface area contributed by atoms with Crippen molar-refractivity contribution < 1.29 is 19.7 Å². The normalized spacial score (nSPS) is 26.6. The van der Waals surface area contributed by atoms with Crippen molar-refractivity contribution in [2.75, 3.05) is 26.3 Å². The molecule has 6 heteroatoms. The standard InChI is InChI=1S/C14H18ClNO4/c15-10-4-9(6-16-7-11(17)12(18)8-16)5-13-14(10)20-3-1-2-19-13/h4-5,11-12,17-18H,1-3,6-8H2/t11-,12+. The van der Waals surface area contributed by atoms with Crippen molar-refractivity contribution in [2.24, 2.45) is 0 Å². The first kappa shape index (κ1) is 13.9. The summed E-state index contributed by atoms with van der Waals surface area (Å²) in [6, 6.07) is 3.77. The molecule has 1 aromatic carbocycles. The number of likely N-dealkylation sites (tertiary alicyclic amines) is 1. The summed E-state index contributed by atoms with van der Waals surface area (Å²) >= 11 is 6.24. The quantitative estimate of drug-likeness (QED) is 0.854. The van der Waals surface area contributed by atoms with Gasteiger partial charge >= 0.3 is 0 Å². The molecule has 0 aromatic heterocycles. The summed E-state index contributed by atoms with van der Waals surface area (Å²) in [5.74, 6) is 1.28. The van der Waals surface area contributed by atoms with Gasteiger partial charge in [-0.2, -0.15) is 0 Å². The molecule has 0 saturated carbocycles. The molecule has 0 radical (unpaired) electrons. The molecule has 1 aromatic rings. The van der Waals surface area contributed by atoms with Crippen LogP contribution in [0.15, 0.2) is 12.1 Å². The fourth-order valence-electron chi connectivity index (χ4n) is 2.61. The number of benzene rings is 1. The number of β-amino-alcohol motifs (C(OH)–C–C–N with tert-alkyl or cyclic N) is 2. The first-order valence-corrected chi connectivity index (χ1v) is 7.18. The van der Waals surface area contributed by atoms with Gasteiger partial charge in [0.15, 0.2) is 11.5 Å². The van der Waals surface area contributed by atoms with Gasteiger partial charge in [-0.3, -0.25) is 4.90 Å². The lowest BCUT2D eigenvalue weighted by Crippen LogP contribution is -2.22. The third-order valence-corrected chi connectivity index (χ3v) is 3.88. The van der Waals surface area contributed by atoms with E-state index in [1.54, 1.807) is 0 Å². The molecule has 110 valence electrons. The summed E-state index contributed by atoms with van der Waals surface area (Å²) in [4.78, 5) is 1.99. The summed E-state index contributed by atoms with van der Waals surface area (Å²) in [7, 11) is 0. The highest BCUT2D eigenvalue weighted by molar-refractivity contribution is 6.32. The maximum Gasteiger partial charge on any atom is 0.179 e. The van der Waals surface area contributed by atoms with E-state index in [1.807, 2.05) is 17.0 Å². The summed E-state index contributed by atoms with van der Waals surface area (Å²) in [5, 5.41) is 19.7. The van der Waals surface area contributed by atoms with Crippen LogP contribution in [0.1, 0.15) is 12.0 Å². The Balaban J connectivity index is 1.77. The van der Waals surface area contributed by atoms with Crippen molar-refractivity contribution >= 4 is 11.6 Å². The molecule has 2 atom stereocenters. The van der Waals surface area contributed by atoms with Gasteiger partial charge in [0.05, 0.1) is 30.4 Å². The smallest absolute Gasteiger partial charge is 0.179 e. The van der Waals surface area contributed by atoms with E-state index in [1.165, 1.54) is 0 Å². The number of aliphatic hydroxyl groups excluding tert-OH is 2. The van der Waals surface area contributed by atoms with Crippen LogP contribution >= 0.6 is 11.6 Å². The number of hydrogen-bond acceptors (Lipinski definition) is 5. The van der Waals surface area contributed by atoms with E-state index in [2.05, 4.69) is 0 Å². The van der Waals surface area contributed by atoms with Crippen molar-refractivity contribution in [3.63, 3.8) is 0 Å². The Hall–Kier alpha value is -1.01. The molecule has 1 saturated heterocycles. The minimum absolute atomic E-state index is 0.466. The molecule has 5 nitrogen and oxygen atoms in total. The Bertz CT molecular complexity index is 486. The van der Waals surface area contributed by atoms with Crippen LogP contribution in [0.3, 0.4) is 0 Å². The van der Waals surface area contributed by atoms with Crippen molar-refractivity contribution in [2.45, 2.75) is 25.2 Å². The van der Waals surface area contributed by atoms with Crippen LogP contribution in [-0.2, 0) is 6.54 Å². The highest BCUT2D eigenvalue weighted by Gasteiger charge is 2.29. The second kappa shape index (κ2) is 5.77. The molecular weight excluding hydrogens is 282 g/mol. The average molecular weight is 300 g/mol. The first-order valence-electron chi connectivity index (χ1n) is 6.80. The Kier molecular flexibility index (Phi) is 4.03. The molecule has 2 heterocycles. The predicted octanol–water partition coefficient (Wildman–Crippen LogP) is 1.04. The number of halogens is 1. The zero-order valence-electron chi connectivity index (χ0n) is 11.1. The lowest BCUT2D eigenvalue weighted by Gasteiger charge is -2.17. The zero-order valence-corrected chi connectivity index (χ0v) is 11.8. The molecule has 2 aliphatic rings. The first-order chi connectivity index (χ1) is 9.63. The van der Waals surface area contributed by atoms with Crippen LogP contribution in [0, 0.1) is 0 Å². The number of fused-ring (bicyclic) bond motifs is 1. The highest BCUT2D eigenvalue weighted by Crippen LogP contribution is 2.38. The molecule has 20 heavy (non-hydrogen) atoms. The van der Waals surface area contributed by atoms with Crippen LogP contribution in [-0.4, -0.2) is 53.6 Å². The molecular formula is C14H18ClNO4. The van der Waals surface area contributed by atoms with E-state index in [-0.39, 0.29) is 0 Å². The fraction of sp³-hybridized carbons (Fsp3) is 0.571. The number of nitrogens with zero attached hydrogens (tertiary/aromatic N) is 1. The van der Waals surface area contributed by atoms with Crippen molar-refractivity contribution in [1.82, 2.24) is 4.90 Å². The molecule has 0 aliphatic carbocycles. The molecule has 2 N–H and O–H groups in total.